The summed E-state index contributed by atoms with van der Waals surface area (Å²) in [6.07, 6.45) is 1.11. The Balaban J connectivity index is 1.90. The maximum Gasteiger partial charge on any atom is 0.249 e. The van der Waals surface area contributed by atoms with E-state index in [1.807, 2.05) is 32.0 Å². The van der Waals surface area contributed by atoms with Crippen molar-refractivity contribution in [2.45, 2.75) is 20.3 Å². The summed E-state index contributed by atoms with van der Waals surface area (Å²) in [4.78, 5) is 23.9. The molecule has 0 fully saturated rings. The molecule has 2 aromatic carbocycles. The van der Waals surface area contributed by atoms with E-state index in [1.165, 1.54) is 13.3 Å². The highest BCUT2D eigenvalue weighted by molar-refractivity contribution is 6.04. The molecule has 0 saturated carbocycles. The third kappa shape index (κ3) is 5.85. The van der Waals surface area contributed by atoms with Crippen molar-refractivity contribution in [2.24, 2.45) is 5.10 Å². The van der Waals surface area contributed by atoms with Gasteiger partial charge >= 0.3 is 0 Å². The molecule has 2 N–H and O–H groups in total. The van der Waals surface area contributed by atoms with Crippen molar-refractivity contribution < 1.29 is 19.1 Å². The van der Waals surface area contributed by atoms with Gasteiger partial charge in [0.25, 0.3) is 0 Å². The number of benzene rings is 2. The van der Waals surface area contributed by atoms with Crippen molar-refractivity contribution in [3.8, 4) is 11.5 Å². The Labute approximate surface area is 158 Å². The molecular formula is C20H23N3O4. The molecule has 7 nitrogen and oxygen atoms in total. The van der Waals surface area contributed by atoms with Crippen molar-refractivity contribution >= 4 is 23.7 Å². The molecule has 2 rings (SSSR count). The Bertz CT molecular complexity index is 862. The third-order valence-electron chi connectivity index (χ3n) is 3.81. The summed E-state index contributed by atoms with van der Waals surface area (Å²) >= 11 is 0. The molecular weight excluding hydrogens is 346 g/mol. The van der Waals surface area contributed by atoms with Crippen LogP contribution in [0.3, 0.4) is 0 Å². The lowest BCUT2D eigenvalue weighted by atomic mass is 10.1. The van der Waals surface area contributed by atoms with Crippen LogP contribution in [-0.2, 0) is 9.59 Å². The van der Waals surface area contributed by atoms with Crippen LogP contribution < -0.4 is 20.2 Å². The fraction of sp³-hybridized carbons (Fsp3) is 0.250. The molecule has 27 heavy (non-hydrogen) atoms. The van der Waals surface area contributed by atoms with Crippen LogP contribution in [0.4, 0.5) is 5.69 Å². The van der Waals surface area contributed by atoms with Gasteiger partial charge in [0.15, 0.2) is 0 Å². The number of ether oxygens (including phenoxy) is 2. The molecule has 0 spiro atoms. The van der Waals surface area contributed by atoms with E-state index in [2.05, 4.69) is 15.8 Å². The highest BCUT2D eigenvalue weighted by Crippen LogP contribution is 2.23. The number of hydrogen-bond donors (Lipinski definition) is 2. The van der Waals surface area contributed by atoms with Crippen LogP contribution in [0.15, 0.2) is 41.5 Å². The Morgan fingerprint density at radius 1 is 1.04 bits per heavy atom. The van der Waals surface area contributed by atoms with Crippen LogP contribution >= 0.6 is 0 Å². The van der Waals surface area contributed by atoms with E-state index in [4.69, 9.17) is 9.47 Å². The first-order valence-electron chi connectivity index (χ1n) is 8.34. The zero-order valence-electron chi connectivity index (χ0n) is 15.8. The van der Waals surface area contributed by atoms with E-state index in [9.17, 15) is 9.59 Å². The van der Waals surface area contributed by atoms with Gasteiger partial charge in [-0.1, -0.05) is 17.7 Å². The summed E-state index contributed by atoms with van der Waals surface area (Å²) in [5, 5.41) is 6.59. The summed E-state index contributed by atoms with van der Waals surface area (Å²) in [5.41, 5.74) is 5.73. The Kier molecular flexibility index (Phi) is 6.93. The fourth-order valence-corrected chi connectivity index (χ4v) is 2.43. The molecule has 142 valence electrons. The number of carbonyl (C=O) groups is 2. The summed E-state index contributed by atoms with van der Waals surface area (Å²) in [5.74, 6) is 0.286. The van der Waals surface area contributed by atoms with Gasteiger partial charge in [0.2, 0.25) is 11.8 Å². The van der Waals surface area contributed by atoms with Gasteiger partial charge < -0.3 is 14.8 Å². The quantitative estimate of drug-likeness (QED) is 0.446. The molecule has 0 aromatic heterocycles. The molecule has 0 saturated heterocycles. The van der Waals surface area contributed by atoms with E-state index in [-0.39, 0.29) is 6.42 Å². The van der Waals surface area contributed by atoms with E-state index in [0.717, 1.165) is 11.1 Å². The Morgan fingerprint density at radius 2 is 1.81 bits per heavy atom. The van der Waals surface area contributed by atoms with Crippen LogP contribution in [0, 0.1) is 13.8 Å². The highest BCUT2D eigenvalue weighted by atomic mass is 16.5. The second kappa shape index (κ2) is 9.38. The molecule has 7 heteroatoms. The van der Waals surface area contributed by atoms with Gasteiger partial charge in [-0.2, -0.15) is 5.10 Å². The lowest BCUT2D eigenvalue weighted by molar-refractivity contribution is -0.126. The number of anilines is 1. The zero-order valence-corrected chi connectivity index (χ0v) is 15.8. The fourth-order valence-electron chi connectivity index (χ4n) is 2.43. The van der Waals surface area contributed by atoms with E-state index < -0.39 is 11.8 Å². The molecule has 0 aliphatic rings. The number of carbonyl (C=O) groups excluding carboxylic acids is 2. The molecule has 0 heterocycles. The van der Waals surface area contributed by atoms with Crippen molar-refractivity contribution in [2.75, 3.05) is 19.5 Å². The molecule has 0 unspecified atom stereocenters. The molecule has 0 aliphatic carbocycles. The van der Waals surface area contributed by atoms with Crippen molar-refractivity contribution in [3.05, 3.63) is 53.1 Å². The number of nitrogens with one attached hydrogen (secondary N) is 2. The normalized spacial score (nSPS) is 10.5. The van der Waals surface area contributed by atoms with Crippen LogP contribution in [0.1, 0.15) is 23.1 Å². The first-order valence-corrected chi connectivity index (χ1v) is 8.34. The minimum absolute atomic E-state index is 0.329. The number of hydrogen-bond acceptors (Lipinski definition) is 5. The average Bonchev–Trinajstić information content (AvgIpc) is 2.64. The number of amides is 2. The third-order valence-corrected chi connectivity index (χ3v) is 3.81. The van der Waals surface area contributed by atoms with E-state index >= 15 is 0 Å². The summed E-state index contributed by atoms with van der Waals surface area (Å²) in [7, 11) is 3.09. The summed E-state index contributed by atoms with van der Waals surface area (Å²) in [6.45, 7) is 3.87. The molecule has 0 bridgehead atoms. The Hall–Kier alpha value is -3.35. The first kappa shape index (κ1) is 20.0. The zero-order chi connectivity index (χ0) is 19.8. The van der Waals surface area contributed by atoms with Gasteiger partial charge in [-0.15, -0.1) is 0 Å². The summed E-state index contributed by atoms with van der Waals surface area (Å²) < 4.78 is 10.4. The average molecular weight is 369 g/mol. The second-order valence-corrected chi connectivity index (χ2v) is 5.94. The largest absolute Gasteiger partial charge is 0.497 e. The first-order chi connectivity index (χ1) is 12.9. The predicted molar refractivity (Wildman–Crippen MR) is 104 cm³/mol. The maximum absolute atomic E-state index is 12.0. The maximum atomic E-state index is 12.0. The number of rotatable bonds is 7. The van der Waals surface area contributed by atoms with Gasteiger partial charge in [-0.25, -0.2) is 5.43 Å². The standard InChI is InChI=1S/C20H23N3O4/c1-13-5-8-17(14(2)9-13)22-19(24)11-20(25)23-21-12-15-6-7-16(26-3)10-18(15)27-4/h5-10,12H,11H2,1-4H3,(H,22,24)(H,23,25). The lowest BCUT2D eigenvalue weighted by Gasteiger charge is -2.09. The van der Waals surface area contributed by atoms with Gasteiger partial charge in [0, 0.05) is 17.3 Å². The van der Waals surface area contributed by atoms with Crippen LogP contribution in [0.25, 0.3) is 0 Å². The number of hydrazone groups is 1. The van der Waals surface area contributed by atoms with E-state index in [0.29, 0.717) is 22.7 Å². The van der Waals surface area contributed by atoms with Crippen LogP contribution in [-0.4, -0.2) is 32.2 Å². The summed E-state index contributed by atoms with van der Waals surface area (Å²) in [6, 6.07) is 10.9. The van der Waals surface area contributed by atoms with Gasteiger partial charge in [0.05, 0.1) is 20.4 Å². The molecule has 0 aliphatic heterocycles. The monoisotopic (exact) mass is 369 g/mol. The highest BCUT2D eigenvalue weighted by Gasteiger charge is 2.10. The van der Waals surface area contributed by atoms with Crippen molar-refractivity contribution in [1.29, 1.82) is 0 Å². The number of methoxy groups -OCH3 is 2. The molecule has 0 radical (unpaired) electrons. The number of aryl methyl sites for hydroxylation is 2. The second-order valence-electron chi connectivity index (χ2n) is 5.94. The van der Waals surface area contributed by atoms with E-state index in [1.54, 1.807) is 25.3 Å². The number of nitrogens with zero attached hydrogens (tertiary/aromatic N) is 1. The predicted octanol–water partition coefficient (Wildman–Crippen LogP) is 2.80. The van der Waals surface area contributed by atoms with Crippen molar-refractivity contribution in [1.82, 2.24) is 5.43 Å². The van der Waals surface area contributed by atoms with Crippen molar-refractivity contribution in [3.63, 3.8) is 0 Å². The molecule has 2 amide bonds. The minimum atomic E-state index is -0.513. The van der Waals surface area contributed by atoms with Gasteiger partial charge in [0.1, 0.15) is 17.9 Å². The van der Waals surface area contributed by atoms with Gasteiger partial charge in [-0.3, -0.25) is 9.59 Å². The van der Waals surface area contributed by atoms with Crippen LogP contribution in [0.2, 0.25) is 0 Å². The molecule has 2 aromatic rings. The minimum Gasteiger partial charge on any atom is -0.497 e. The smallest absolute Gasteiger partial charge is 0.249 e. The molecule has 0 atom stereocenters. The Morgan fingerprint density at radius 3 is 2.48 bits per heavy atom. The SMILES string of the molecule is COc1ccc(C=NNC(=O)CC(=O)Nc2ccc(C)cc2C)c(OC)c1. The topological polar surface area (TPSA) is 89.0 Å². The van der Waals surface area contributed by atoms with Gasteiger partial charge in [-0.05, 0) is 37.6 Å². The lowest BCUT2D eigenvalue weighted by Crippen LogP contribution is -2.24. The van der Waals surface area contributed by atoms with Crippen LogP contribution in [0.5, 0.6) is 11.5 Å².